The van der Waals surface area contributed by atoms with E-state index in [1.54, 1.807) is 18.2 Å². The highest BCUT2D eigenvalue weighted by Gasteiger charge is 2.44. The van der Waals surface area contributed by atoms with Gasteiger partial charge in [0.05, 0.1) is 5.69 Å². The highest BCUT2D eigenvalue weighted by Crippen LogP contribution is 2.46. The lowest BCUT2D eigenvalue weighted by molar-refractivity contribution is -0.120. The standard InChI is InChI=1S/C11H11BrClNO/c1-11(4-5-11)10(15)14-9-3-2-7(13)6-8(9)12/h2-3,6H,4-5H2,1H3,(H,14,15). The van der Waals surface area contributed by atoms with Gasteiger partial charge in [-0.15, -0.1) is 0 Å². The van der Waals surface area contributed by atoms with Gasteiger partial charge < -0.3 is 5.32 Å². The SMILES string of the molecule is CC1(C(=O)Nc2ccc(Cl)cc2Br)CC1. The smallest absolute Gasteiger partial charge is 0.230 e. The summed E-state index contributed by atoms with van der Waals surface area (Å²) in [6, 6.07) is 5.33. The molecule has 0 heterocycles. The Hall–Kier alpha value is -0.540. The number of hydrogen-bond acceptors (Lipinski definition) is 1. The second-order valence-corrected chi connectivity index (χ2v) is 5.43. The van der Waals surface area contributed by atoms with Crippen molar-refractivity contribution < 1.29 is 4.79 Å². The fourth-order valence-electron chi connectivity index (χ4n) is 1.28. The zero-order valence-electron chi connectivity index (χ0n) is 8.31. The van der Waals surface area contributed by atoms with Crippen LogP contribution >= 0.6 is 27.5 Å². The van der Waals surface area contributed by atoms with E-state index in [4.69, 9.17) is 11.6 Å². The molecular weight excluding hydrogens is 277 g/mol. The van der Waals surface area contributed by atoms with Gasteiger partial charge in [-0.25, -0.2) is 0 Å². The number of amides is 1. The molecule has 0 atom stereocenters. The van der Waals surface area contributed by atoms with Crippen LogP contribution in [0.1, 0.15) is 19.8 Å². The molecule has 1 fully saturated rings. The number of hydrogen-bond donors (Lipinski definition) is 1. The first-order chi connectivity index (χ1) is 7.01. The molecule has 2 nitrogen and oxygen atoms in total. The average molecular weight is 289 g/mol. The number of carbonyl (C=O) groups excluding carboxylic acids is 1. The van der Waals surface area contributed by atoms with E-state index >= 15 is 0 Å². The van der Waals surface area contributed by atoms with Crippen LogP contribution in [0.15, 0.2) is 22.7 Å². The van der Waals surface area contributed by atoms with Crippen LogP contribution in [0, 0.1) is 5.41 Å². The molecule has 15 heavy (non-hydrogen) atoms. The molecule has 0 aromatic heterocycles. The predicted octanol–water partition coefficient (Wildman–Crippen LogP) is 3.84. The fourth-order valence-corrected chi connectivity index (χ4v) is 2.06. The molecular formula is C11H11BrClNO. The highest BCUT2D eigenvalue weighted by molar-refractivity contribution is 9.10. The molecule has 1 amide bonds. The minimum absolute atomic E-state index is 0.0884. The zero-order chi connectivity index (χ0) is 11.1. The first-order valence-electron chi connectivity index (χ1n) is 4.78. The molecule has 0 bridgehead atoms. The average Bonchev–Trinajstić information content (AvgIpc) is 2.90. The van der Waals surface area contributed by atoms with Gasteiger partial charge in [0.1, 0.15) is 0 Å². The summed E-state index contributed by atoms with van der Waals surface area (Å²) in [6.07, 6.45) is 1.95. The minimum atomic E-state index is -0.154. The third kappa shape index (κ3) is 2.34. The van der Waals surface area contributed by atoms with Crippen molar-refractivity contribution >= 4 is 39.1 Å². The molecule has 1 aliphatic carbocycles. The van der Waals surface area contributed by atoms with Crippen molar-refractivity contribution in [2.24, 2.45) is 5.41 Å². The van der Waals surface area contributed by atoms with Crippen LogP contribution in [0.4, 0.5) is 5.69 Å². The third-order valence-corrected chi connectivity index (χ3v) is 3.62. The Kier molecular flexibility index (Phi) is 2.77. The zero-order valence-corrected chi connectivity index (χ0v) is 10.7. The number of benzene rings is 1. The summed E-state index contributed by atoms with van der Waals surface area (Å²) in [6.45, 7) is 1.98. The lowest BCUT2D eigenvalue weighted by atomic mass is 10.1. The number of nitrogens with one attached hydrogen (secondary N) is 1. The maximum Gasteiger partial charge on any atom is 0.230 e. The van der Waals surface area contributed by atoms with E-state index < -0.39 is 0 Å². The van der Waals surface area contributed by atoms with Gasteiger partial charge in [-0.1, -0.05) is 18.5 Å². The van der Waals surface area contributed by atoms with Crippen molar-refractivity contribution in [3.63, 3.8) is 0 Å². The maximum atomic E-state index is 11.8. The second-order valence-electron chi connectivity index (χ2n) is 4.14. The van der Waals surface area contributed by atoms with Crippen LogP contribution in [0.2, 0.25) is 5.02 Å². The first-order valence-corrected chi connectivity index (χ1v) is 5.95. The third-order valence-electron chi connectivity index (χ3n) is 2.73. The molecule has 1 aromatic carbocycles. The molecule has 0 unspecified atom stereocenters. The van der Waals surface area contributed by atoms with Crippen LogP contribution in [-0.2, 0) is 4.79 Å². The predicted molar refractivity (Wildman–Crippen MR) is 65.1 cm³/mol. The van der Waals surface area contributed by atoms with E-state index in [2.05, 4.69) is 21.2 Å². The van der Waals surface area contributed by atoms with Crippen molar-refractivity contribution in [1.29, 1.82) is 0 Å². The number of halogens is 2. The van der Waals surface area contributed by atoms with E-state index in [0.29, 0.717) is 5.02 Å². The molecule has 0 aliphatic heterocycles. The van der Waals surface area contributed by atoms with Crippen LogP contribution in [0.25, 0.3) is 0 Å². The molecule has 2 rings (SSSR count). The van der Waals surface area contributed by atoms with Crippen molar-refractivity contribution in [1.82, 2.24) is 0 Å². The van der Waals surface area contributed by atoms with E-state index in [9.17, 15) is 4.79 Å². The van der Waals surface area contributed by atoms with Crippen molar-refractivity contribution in [2.75, 3.05) is 5.32 Å². The highest BCUT2D eigenvalue weighted by atomic mass is 79.9. The van der Waals surface area contributed by atoms with Gasteiger partial charge in [0.2, 0.25) is 5.91 Å². The fraction of sp³-hybridized carbons (Fsp3) is 0.364. The Morgan fingerprint density at radius 2 is 2.20 bits per heavy atom. The van der Waals surface area contributed by atoms with Crippen molar-refractivity contribution in [2.45, 2.75) is 19.8 Å². The Balaban J connectivity index is 2.14. The monoisotopic (exact) mass is 287 g/mol. The van der Waals surface area contributed by atoms with E-state index in [0.717, 1.165) is 23.0 Å². The molecule has 0 saturated heterocycles. The van der Waals surface area contributed by atoms with Gasteiger partial charge in [0, 0.05) is 14.9 Å². The summed E-state index contributed by atoms with van der Waals surface area (Å²) in [4.78, 5) is 11.8. The molecule has 4 heteroatoms. The second kappa shape index (κ2) is 3.80. The summed E-state index contributed by atoms with van der Waals surface area (Å²) in [5.41, 5.74) is 0.622. The topological polar surface area (TPSA) is 29.1 Å². The molecule has 0 radical (unpaired) electrons. The molecule has 1 aromatic rings. The summed E-state index contributed by atoms with van der Waals surface area (Å²) < 4.78 is 0.813. The van der Waals surface area contributed by atoms with Crippen molar-refractivity contribution in [3.05, 3.63) is 27.7 Å². The van der Waals surface area contributed by atoms with Gasteiger partial charge in [-0.3, -0.25) is 4.79 Å². The molecule has 0 spiro atoms. The first kappa shape index (κ1) is 11.0. The van der Waals surface area contributed by atoms with E-state index in [1.165, 1.54) is 0 Å². The Bertz CT molecular complexity index is 415. The van der Waals surface area contributed by atoms with E-state index in [-0.39, 0.29) is 11.3 Å². The summed E-state index contributed by atoms with van der Waals surface area (Å²) >= 11 is 9.18. The van der Waals surface area contributed by atoms with Crippen molar-refractivity contribution in [3.8, 4) is 0 Å². The van der Waals surface area contributed by atoms with Crippen LogP contribution in [0.5, 0.6) is 0 Å². The van der Waals surface area contributed by atoms with E-state index in [1.807, 2.05) is 6.92 Å². The maximum absolute atomic E-state index is 11.8. The molecule has 1 N–H and O–H groups in total. The number of rotatable bonds is 2. The summed E-state index contributed by atoms with van der Waals surface area (Å²) in [5, 5.41) is 3.55. The number of carbonyl (C=O) groups is 1. The lowest BCUT2D eigenvalue weighted by Gasteiger charge is -2.11. The molecule has 80 valence electrons. The van der Waals surface area contributed by atoms with Crippen LogP contribution in [0.3, 0.4) is 0 Å². The Morgan fingerprint density at radius 1 is 1.53 bits per heavy atom. The van der Waals surface area contributed by atoms with Crippen LogP contribution in [-0.4, -0.2) is 5.91 Å². The largest absolute Gasteiger partial charge is 0.325 e. The quantitative estimate of drug-likeness (QED) is 0.880. The van der Waals surface area contributed by atoms with Gasteiger partial charge >= 0.3 is 0 Å². The van der Waals surface area contributed by atoms with Gasteiger partial charge in [-0.05, 0) is 47.0 Å². The minimum Gasteiger partial charge on any atom is -0.325 e. The van der Waals surface area contributed by atoms with Gasteiger partial charge in [0.25, 0.3) is 0 Å². The van der Waals surface area contributed by atoms with Gasteiger partial charge in [0.15, 0.2) is 0 Å². The molecule has 1 aliphatic rings. The molecule has 1 saturated carbocycles. The summed E-state index contributed by atoms with van der Waals surface area (Å²) in [5.74, 6) is 0.0884. The van der Waals surface area contributed by atoms with Crippen LogP contribution < -0.4 is 5.32 Å². The summed E-state index contributed by atoms with van der Waals surface area (Å²) in [7, 11) is 0. The van der Waals surface area contributed by atoms with Gasteiger partial charge in [-0.2, -0.15) is 0 Å². The lowest BCUT2D eigenvalue weighted by Crippen LogP contribution is -2.21. The number of anilines is 1. The Labute approximate surface area is 102 Å². The Morgan fingerprint density at radius 3 is 2.73 bits per heavy atom. The normalized spacial score (nSPS) is 17.3.